The molecule has 2 heterocycles. The van der Waals surface area contributed by atoms with Crippen molar-refractivity contribution >= 4 is 23.5 Å². The Kier molecular flexibility index (Phi) is 4.68. The minimum absolute atomic E-state index is 0.0549. The maximum absolute atomic E-state index is 13.1. The molecule has 1 aromatic rings. The lowest BCUT2D eigenvalue weighted by molar-refractivity contribution is -0.165. The summed E-state index contributed by atoms with van der Waals surface area (Å²) in [5.41, 5.74) is 0.499. The Bertz CT molecular complexity index is 876. The number of carboxylic acids is 1. The van der Waals surface area contributed by atoms with Crippen LogP contribution in [0.2, 0.25) is 5.02 Å². The number of nitrogens with zero attached hydrogens (tertiary/aromatic N) is 1. The van der Waals surface area contributed by atoms with Crippen molar-refractivity contribution in [1.82, 2.24) is 4.90 Å². The van der Waals surface area contributed by atoms with Crippen LogP contribution in [0.25, 0.3) is 0 Å². The number of amides is 1. The molecule has 6 nitrogen and oxygen atoms in total. The van der Waals surface area contributed by atoms with Crippen LogP contribution in [0.3, 0.4) is 0 Å². The average Bonchev–Trinajstić information content (AvgIpc) is 3.02. The molecule has 1 saturated heterocycles. The first-order chi connectivity index (χ1) is 13.5. The molecular formula is C20H22ClF2NO5. The standard InChI is InChI=1S/C20H22ClF2NO5/c1-10-13(18(26)27)7-14(21)16-15(10)28-19(2,29-16)12-3-5-24(6-4-12)17(25)11-8-20(22,23)9-11/h7,11-12H,3-6,8-9H2,1-2H3,(H,26,27)/t19-/m1/s1. The van der Waals surface area contributed by atoms with Crippen molar-refractivity contribution in [2.24, 2.45) is 11.8 Å². The van der Waals surface area contributed by atoms with Crippen LogP contribution in [0.1, 0.15) is 48.5 Å². The van der Waals surface area contributed by atoms with E-state index >= 15 is 0 Å². The van der Waals surface area contributed by atoms with Crippen LogP contribution in [0.5, 0.6) is 11.5 Å². The van der Waals surface area contributed by atoms with Crippen molar-refractivity contribution in [2.75, 3.05) is 13.1 Å². The van der Waals surface area contributed by atoms with Crippen molar-refractivity contribution in [1.29, 1.82) is 0 Å². The van der Waals surface area contributed by atoms with E-state index in [1.807, 2.05) is 0 Å². The molecule has 4 rings (SSSR count). The zero-order valence-corrected chi connectivity index (χ0v) is 16.9. The van der Waals surface area contributed by atoms with E-state index in [1.54, 1.807) is 18.7 Å². The number of ether oxygens (including phenoxy) is 2. The first kappa shape index (κ1) is 20.2. The van der Waals surface area contributed by atoms with E-state index in [4.69, 9.17) is 21.1 Å². The molecule has 0 spiro atoms. The lowest BCUT2D eigenvalue weighted by Gasteiger charge is -2.42. The number of carbonyl (C=O) groups excluding carboxylic acids is 1. The number of benzene rings is 1. The van der Waals surface area contributed by atoms with Crippen LogP contribution in [0.4, 0.5) is 8.78 Å². The maximum atomic E-state index is 13.1. The molecule has 0 radical (unpaired) electrons. The van der Waals surface area contributed by atoms with Crippen LogP contribution in [-0.2, 0) is 4.79 Å². The Morgan fingerprint density at radius 2 is 1.79 bits per heavy atom. The molecule has 1 aliphatic carbocycles. The summed E-state index contributed by atoms with van der Waals surface area (Å²) in [6.07, 6.45) is 0.437. The van der Waals surface area contributed by atoms with Crippen molar-refractivity contribution in [3.05, 3.63) is 22.2 Å². The molecule has 1 aromatic carbocycles. The van der Waals surface area contributed by atoms with E-state index in [-0.39, 0.29) is 35.3 Å². The molecule has 2 fully saturated rings. The van der Waals surface area contributed by atoms with E-state index in [9.17, 15) is 23.5 Å². The minimum atomic E-state index is -2.71. The molecule has 1 amide bonds. The van der Waals surface area contributed by atoms with Gasteiger partial charge in [0.15, 0.2) is 11.5 Å². The fourth-order valence-electron chi connectivity index (χ4n) is 4.45. The number of rotatable bonds is 3. The maximum Gasteiger partial charge on any atom is 0.336 e. The zero-order chi connectivity index (χ0) is 21.1. The van der Waals surface area contributed by atoms with Crippen LogP contribution in [0, 0.1) is 18.8 Å². The van der Waals surface area contributed by atoms with E-state index in [0.717, 1.165) is 0 Å². The number of aromatic carboxylic acids is 1. The lowest BCUT2D eigenvalue weighted by atomic mass is 9.79. The number of alkyl halides is 2. The van der Waals surface area contributed by atoms with Gasteiger partial charge in [-0.3, -0.25) is 4.79 Å². The summed E-state index contributed by atoms with van der Waals surface area (Å²) in [5, 5.41) is 9.52. The summed E-state index contributed by atoms with van der Waals surface area (Å²) in [5.74, 6) is -5.05. The van der Waals surface area contributed by atoms with Gasteiger partial charge in [-0.2, -0.15) is 0 Å². The number of halogens is 3. The Morgan fingerprint density at radius 1 is 1.21 bits per heavy atom. The summed E-state index contributed by atoms with van der Waals surface area (Å²) < 4.78 is 38.2. The van der Waals surface area contributed by atoms with Gasteiger partial charge in [-0.05, 0) is 25.8 Å². The van der Waals surface area contributed by atoms with Crippen LogP contribution in [-0.4, -0.2) is 46.7 Å². The third kappa shape index (κ3) is 3.41. The smallest absolute Gasteiger partial charge is 0.336 e. The summed E-state index contributed by atoms with van der Waals surface area (Å²) in [6.45, 7) is 4.30. The Labute approximate surface area is 171 Å². The van der Waals surface area contributed by atoms with E-state index in [2.05, 4.69) is 0 Å². The van der Waals surface area contributed by atoms with E-state index in [1.165, 1.54) is 6.07 Å². The second-order valence-corrected chi connectivity index (χ2v) is 8.68. The Morgan fingerprint density at radius 3 is 2.34 bits per heavy atom. The molecule has 0 unspecified atom stereocenters. The number of likely N-dealkylation sites (tertiary alicyclic amines) is 1. The molecule has 29 heavy (non-hydrogen) atoms. The van der Waals surface area contributed by atoms with Crippen molar-refractivity contribution < 1.29 is 33.0 Å². The quantitative estimate of drug-likeness (QED) is 0.782. The highest BCUT2D eigenvalue weighted by Crippen LogP contribution is 2.51. The monoisotopic (exact) mass is 429 g/mol. The van der Waals surface area contributed by atoms with Gasteiger partial charge in [-0.15, -0.1) is 0 Å². The first-order valence-electron chi connectivity index (χ1n) is 9.62. The topological polar surface area (TPSA) is 76.1 Å². The van der Waals surface area contributed by atoms with E-state index in [0.29, 0.717) is 43.0 Å². The predicted octanol–water partition coefficient (Wildman–Crippen LogP) is 4.12. The molecule has 9 heteroatoms. The van der Waals surface area contributed by atoms with E-state index < -0.39 is 23.6 Å². The molecular weight excluding hydrogens is 408 g/mol. The van der Waals surface area contributed by atoms with Crippen molar-refractivity contribution in [3.8, 4) is 11.5 Å². The summed E-state index contributed by atoms with van der Waals surface area (Å²) in [4.78, 5) is 25.5. The second kappa shape index (κ2) is 6.72. The van der Waals surface area contributed by atoms with Crippen molar-refractivity contribution in [3.63, 3.8) is 0 Å². The largest absolute Gasteiger partial charge is 0.478 e. The first-order valence-corrected chi connectivity index (χ1v) is 9.99. The van der Waals surface area contributed by atoms with Gasteiger partial charge in [0, 0.05) is 50.3 Å². The summed E-state index contributed by atoms with van der Waals surface area (Å²) >= 11 is 6.22. The van der Waals surface area contributed by atoms with Crippen LogP contribution >= 0.6 is 11.6 Å². The molecule has 2 aliphatic heterocycles. The lowest BCUT2D eigenvalue weighted by Crippen LogP contribution is -2.52. The number of carboxylic acid groups (broad SMARTS) is 1. The highest BCUT2D eigenvalue weighted by Gasteiger charge is 2.51. The fourth-order valence-corrected chi connectivity index (χ4v) is 4.69. The predicted molar refractivity (Wildman–Crippen MR) is 99.8 cm³/mol. The van der Waals surface area contributed by atoms with Gasteiger partial charge in [0.05, 0.1) is 10.6 Å². The second-order valence-electron chi connectivity index (χ2n) is 8.28. The van der Waals surface area contributed by atoms with Crippen LogP contribution in [0.15, 0.2) is 6.07 Å². The van der Waals surface area contributed by atoms with Gasteiger partial charge in [-0.1, -0.05) is 11.6 Å². The molecule has 1 N–H and O–H groups in total. The summed E-state index contributed by atoms with van der Waals surface area (Å²) in [6, 6.07) is 1.35. The Balaban J connectivity index is 1.44. The fraction of sp³-hybridized carbons (Fsp3) is 0.600. The molecule has 1 atom stereocenters. The number of piperidine rings is 1. The molecule has 0 bridgehead atoms. The SMILES string of the molecule is Cc1c(C(=O)O)cc(Cl)c2c1O[C@@](C)(C1CCN(C(=O)C3CC(F)(F)C3)CC1)O2. The number of fused-ring (bicyclic) bond motifs is 1. The van der Waals surface area contributed by atoms with Gasteiger partial charge in [0.2, 0.25) is 11.8 Å². The van der Waals surface area contributed by atoms with Gasteiger partial charge in [0.25, 0.3) is 5.79 Å². The van der Waals surface area contributed by atoms with Gasteiger partial charge in [-0.25, -0.2) is 13.6 Å². The molecule has 0 aromatic heterocycles. The third-order valence-corrected chi connectivity index (χ3v) is 6.55. The number of hydrogen-bond donors (Lipinski definition) is 1. The highest BCUT2D eigenvalue weighted by atomic mass is 35.5. The Hall–Kier alpha value is -2.09. The zero-order valence-electron chi connectivity index (χ0n) is 16.1. The molecule has 1 saturated carbocycles. The number of hydrogen-bond acceptors (Lipinski definition) is 4. The van der Waals surface area contributed by atoms with Gasteiger partial charge >= 0.3 is 5.97 Å². The van der Waals surface area contributed by atoms with Gasteiger partial charge < -0.3 is 19.5 Å². The highest BCUT2D eigenvalue weighted by molar-refractivity contribution is 6.32. The van der Waals surface area contributed by atoms with Crippen LogP contribution < -0.4 is 9.47 Å². The van der Waals surface area contributed by atoms with Gasteiger partial charge in [0.1, 0.15) is 0 Å². The summed E-state index contributed by atoms with van der Waals surface area (Å²) in [7, 11) is 0. The molecule has 158 valence electrons. The minimum Gasteiger partial charge on any atom is -0.478 e. The third-order valence-electron chi connectivity index (χ3n) is 6.27. The molecule has 3 aliphatic rings. The van der Waals surface area contributed by atoms with Crippen molar-refractivity contribution in [2.45, 2.75) is 51.2 Å². The average molecular weight is 430 g/mol. The number of carbonyl (C=O) groups is 2. The normalized spacial score (nSPS) is 26.3.